The minimum absolute atomic E-state index is 0.921. The third kappa shape index (κ3) is 4.50. The maximum atomic E-state index is 9.87. The van der Waals surface area contributed by atoms with E-state index in [9.17, 15) is 10.2 Å². The molecule has 0 aliphatic rings. The summed E-state index contributed by atoms with van der Waals surface area (Å²) < 4.78 is 0. The van der Waals surface area contributed by atoms with Crippen LogP contribution in [0.25, 0.3) is 12.2 Å². The molecule has 0 bridgehead atoms. The van der Waals surface area contributed by atoms with Crippen LogP contribution in [0.1, 0.15) is 11.1 Å². The van der Waals surface area contributed by atoms with Crippen LogP contribution in [0, 0.1) is 0 Å². The molecule has 2 rings (SSSR count). The first-order valence-corrected chi connectivity index (χ1v) is 6.58. The molecule has 2 aromatic carbocycles. The van der Waals surface area contributed by atoms with E-state index in [4.69, 9.17) is 0 Å². The van der Waals surface area contributed by atoms with Gasteiger partial charge in [-0.05, 0) is 11.1 Å². The first-order valence-electron chi connectivity index (χ1n) is 6.58. The first kappa shape index (κ1) is 14.3. The van der Waals surface area contributed by atoms with Crippen molar-refractivity contribution in [3.05, 3.63) is 83.9 Å². The predicted molar refractivity (Wildman–Crippen MR) is 83.0 cm³/mol. The van der Waals surface area contributed by atoms with Gasteiger partial charge in [0.15, 0.2) is 0 Å². The summed E-state index contributed by atoms with van der Waals surface area (Å²) in [5.41, 5.74) is 1.98. The van der Waals surface area contributed by atoms with Crippen molar-refractivity contribution in [1.82, 2.24) is 0 Å². The highest BCUT2D eigenvalue weighted by atomic mass is 16.3. The molecule has 102 valence electrons. The van der Waals surface area contributed by atoms with Crippen molar-refractivity contribution in [2.45, 2.75) is 12.2 Å². The number of benzene rings is 2. The second kappa shape index (κ2) is 7.43. The van der Waals surface area contributed by atoms with Crippen LogP contribution in [-0.2, 0) is 0 Å². The number of hydrogen-bond acceptors (Lipinski definition) is 2. The average Bonchev–Trinajstić information content (AvgIpc) is 2.52. The molecule has 2 atom stereocenters. The van der Waals surface area contributed by atoms with Gasteiger partial charge in [0.05, 0.1) is 0 Å². The molecule has 2 heteroatoms. The highest BCUT2D eigenvalue weighted by molar-refractivity contribution is 5.51. The molecule has 0 fully saturated rings. The molecular weight excluding hydrogens is 248 g/mol. The molecule has 20 heavy (non-hydrogen) atoms. The lowest BCUT2D eigenvalue weighted by molar-refractivity contribution is 0.0818. The van der Waals surface area contributed by atoms with Crippen molar-refractivity contribution in [1.29, 1.82) is 0 Å². The van der Waals surface area contributed by atoms with Gasteiger partial charge in [-0.15, -0.1) is 0 Å². The fourth-order valence-electron chi connectivity index (χ4n) is 1.78. The molecular formula is C18H18O2. The van der Waals surface area contributed by atoms with Crippen LogP contribution in [0.5, 0.6) is 0 Å². The Morgan fingerprint density at radius 3 is 1.30 bits per heavy atom. The van der Waals surface area contributed by atoms with E-state index in [0.29, 0.717) is 0 Å². The van der Waals surface area contributed by atoms with Crippen LogP contribution < -0.4 is 0 Å². The van der Waals surface area contributed by atoms with Gasteiger partial charge in [0.1, 0.15) is 12.2 Å². The van der Waals surface area contributed by atoms with Gasteiger partial charge in [-0.2, -0.15) is 0 Å². The Kier molecular flexibility index (Phi) is 5.30. The number of aliphatic hydroxyl groups is 2. The van der Waals surface area contributed by atoms with E-state index < -0.39 is 12.2 Å². The molecule has 0 heterocycles. The van der Waals surface area contributed by atoms with Crippen molar-refractivity contribution < 1.29 is 10.2 Å². The van der Waals surface area contributed by atoms with Gasteiger partial charge >= 0.3 is 0 Å². The zero-order valence-corrected chi connectivity index (χ0v) is 11.1. The SMILES string of the molecule is OC(/C=C/c1ccccc1)C(O)/C=C/c1ccccc1. The summed E-state index contributed by atoms with van der Waals surface area (Å²) in [5.74, 6) is 0. The first-order chi connectivity index (χ1) is 9.75. The van der Waals surface area contributed by atoms with Crippen LogP contribution in [-0.4, -0.2) is 22.4 Å². The molecule has 0 radical (unpaired) electrons. The Labute approximate surface area is 119 Å². The molecule has 2 aromatic rings. The van der Waals surface area contributed by atoms with E-state index in [-0.39, 0.29) is 0 Å². The molecule has 0 aliphatic carbocycles. The van der Waals surface area contributed by atoms with Crippen LogP contribution in [0.4, 0.5) is 0 Å². The van der Waals surface area contributed by atoms with Gasteiger partial charge in [0.25, 0.3) is 0 Å². The van der Waals surface area contributed by atoms with Crippen molar-refractivity contribution in [3.8, 4) is 0 Å². The van der Waals surface area contributed by atoms with E-state index >= 15 is 0 Å². The quantitative estimate of drug-likeness (QED) is 0.873. The zero-order chi connectivity index (χ0) is 14.2. The molecule has 0 saturated heterocycles. The van der Waals surface area contributed by atoms with Gasteiger partial charge in [-0.25, -0.2) is 0 Å². The van der Waals surface area contributed by atoms with E-state index in [1.165, 1.54) is 0 Å². The third-order valence-electron chi connectivity index (χ3n) is 2.92. The van der Waals surface area contributed by atoms with Crippen LogP contribution in [0.15, 0.2) is 72.8 Å². The Balaban J connectivity index is 1.94. The molecule has 0 amide bonds. The summed E-state index contributed by atoms with van der Waals surface area (Å²) in [6.45, 7) is 0. The summed E-state index contributed by atoms with van der Waals surface area (Å²) >= 11 is 0. The molecule has 0 aliphatic heterocycles. The fraction of sp³-hybridized carbons (Fsp3) is 0.111. The monoisotopic (exact) mass is 266 g/mol. The van der Waals surface area contributed by atoms with E-state index in [2.05, 4.69) is 0 Å². The lowest BCUT2D eigenvalue weighted by Crippen LogP contribution is -2.20. The molecule has 2 nitrogen and oxygen atoms in total. The van der Waals surface area contributed by atoms with Crippen LogP contribution in [0.2, 0.25) is 0 Å². The average molecular weight is 266 g/mol. The Bertz CT molecular complexity index is 505. The van der Waals surface area contributed by atoms with Crippen LogP contribution >= 0.6 is 0 Å². The second-order valence-electron chi connectivity index (χ2n) is 4.52. The standard InChI is InChI=1S/C18H18O2/c19-17(13-11-15-7-3-1-4-8-15)18(20)14-12-16-9-5-2-6-10-16/h1-14,17-20H/b13-11+,14-12+. The van der Waals surface area contributed by atoms with Gasteiger partial charge < -0.3 is 10.2 Å². The van der Waals surface area contributed by atoms with Crippen molar-refractivity contribution >= 4 is 12.2 Å². The molecule has 0 aromatic heterocycles. The third-order valence-corrected chi connectivity index (χ3v) is 2.92. The molecule has 2 N–H and O–H groups in total. The molecule has 0 saturated carbocycles. The molecule has 0 spiro atoms. The number of hydrogen-bond donors (Lipinski definition) is 2. The van der Waals surface area contributed by atoms with Crippen molar-refractivity contribution in [2.75, 3.05) is 0 Å². The Morgan fingerprint density at radius 1 is 0.600 bits per heavy atom. The largest absolute Gasteiger partial charge is 0.386 e. The van der Waals surface area contributed by atoms with Crippen molar-refractivity contribution in [2.24, 2.45) is 0 Å². The van der Waals surface area contributed by atoms with E-state index in [1.807, 2.05) is 60.7 Å². The maximum Gasteiger partial charge on any atom is 0.102 e. The number of rotatable bonds is 5. The van der Waals surface area contributed by atoms with E-state index in [1.54, 1.807) is 24.3 Å². The summed E-state index contributed by atoms with van der Waals surface area (Å²) in [4.78, 5) is 0. The summed E-state index contributed by atoms with van der Waals surface area (Å²) in [6.07, 6.45) is 4.93. The van der Waals surface area contributed by atoms with E-state index in [0.717, 1.165) is 11.1 Å². The van der Waals surface area contributed by atoms with Gasteiger partial charge in [0, 0.05) is 0 Å². The number of aliphatic hydroxyl groups excluding tert-OH is 2. The normalized spacial score (nSPS) is 14.7. The Hall–Kier alpha value is -2.16. The Morgan fingerprint density at radius 2 is 0.950 bits per heavy atom. The minimum Gasteiger partial charge on any atom is -0.386 e. The lowest BCUT2D eigenvalue weighted by atomic mass is 10.1. The van der Waals surface area contributed by atoms with Gasteiger partial charge in [-0.3, -0.25) is 0 Å². The fourth-order valence-corrected chi connectivity index (χ4v) is 1.78. The smallest absolute Gasteiger partial charge is 0.102 e. The summed E-state index contributed by atoms with van der Waals surface area (Å²) in [6, 6.07) is 19.3. The zero-order valence-electron chi connectivity index (χ0n) is 11.1. The summed E-state index contributed by atoms with van der Waals surface area (Å²) in [7, 11) is 0. The molecule has 2 unspecified atom stereocenters. The van der Waals surface area contributed by atoms with Crippen LogP contribution in [0.3, 0.4) is 0 Å². The second-order valence-corrected chi connectivity index (χ2v) is 4.52. The van der Waals surface area contributed by atoms with Crippen molar-refractivity contribution in [3.63, 3.8) is 0 Å². The van der Waals surface area contributed by atoms with Gasteiger partial charge in [-0.1, -0.05) is 85.0 Å². The highest BCUT2D eigenvalue weighted by Gasteiger charge is 2.08. The maximum absolute atomic E-state index is 9.87. The predicted octanol–water partition coefficient (Wildman–Crippen LogP) is 3.14. The van der Waals surface area contributed by atoms with Gasteiger partial charge in [0.2, 0.25) is 0 Å². The highest BCUT2D eigenvalue weighted by Crippen LogP contribution is 2.07. The summed E-state index contributed by atoms with van der Waals surface area (Å²) in [5, 5.41) is 19.7. The minimum atomic E-state index is -0.921. The topological polar surface area (TPSA) is 40.5 Å². The lowest BCUT2D eigenvalue weighted by Gasteiger charge is -2.09.